The van der Waals surface area contributed by atoms with Crippen LogP contribution >= 0.6 is 11.8 Å². The average molecular weight is 412 g/mol. The Morgan fingerprint density at radius 2 is 1.76 bits per heavy atom. The Morgan fingerprint density at radius 3 is 2.34 bits per heavy atom. The zero-order chi connectivity index (χ0) is 20.8. The molecule has 0 spiro atoms. The SMILES string of the molecule is CCN(CC)C(=O)[C@@H](Sc1nnc(-c2ccc(OC)cc2)n1N)c1ccccc1. The number of methoxy groups -OCH3 is 1. The van der Waals surface area contributed by atoms with Gasteiger partial charge in [-0.3, -0.25) is 4.79 Å². The number of hydrogen-bond acceptors (Lipinski definition) is 6. The molecule has 8 heteroatoms. The molecule has 0 saturated heterocycles. The van der Waals surface area contributed by atoms with Gasteiger partial charge in [-0.05, 0) is 43.7 Å². The van der Waals surface area contributed by atoms with E-state index in [1.807, 2.05) is 73.3 Å². The van der Waals surface area contributed by atoms with E-state index in [1.165, 1.54) is 16.4 Å². The molecule has 1 atom stereocenters. The lowest BCUT2D eigenvalue weighted by molar-refractivity contribution is -0.130. The van der Waals surface area contributed by atoms with Gasteiger partial charge in [0.1, 0.15) is 11.0 Å². The molecule has 1 amide bonds. The Morgan fingerprint density at radius 1 is 1.10 bits per heavy atom. The van der Waals surface area contributed by atoms with Crippen LogP contribution in [0.1, 0.15) is 24.7 Å². The number of nitrogen functional groups attached to an aromatic ring is 1. The minimum Gasteiger partial charge on any atom is -0.497 e. The van der Waals surface area contributed by atoms with Crippen molar-refractivity contribution in [2.24, 2.45) is 0 Å². The Hall–Kier alpha value is -3.00. The Balaban J connectivity index is 1.91. The third-order valence-corrected chi connectivity index (χ3v) is 5.84. The lowest BCUT2D eigenvalue weighted by Crippen LogP contribution is -2.34. The number of carbonyl (C=O) groups is 1. The van der Waals surface area contributed by atoms with Crippen molar-refractivity contribution in [3.05, 3.63) is 60.2 Å². The number of hydrogen-bond donors (Lipinski definition) is 1. The van der Waals surface area contributed by atoms with E-state index in [2.05, 4.69) is 10.2 Å². The molecule has 2 N–H and O–H groups in total. The van der Waals surface area contributed by atoms with Gasteiger partial charge in [0.25, 0.3) is 0 Å². The first kappa shape index (κ1) is 20.7. The molecule has 152 valence electrons. The molecule has 1 heterocycles. The molecule has 0 saturated carbocycles. The highest BCUT2D eigenvalue weighted by atomic mass is 32.2. The number of aromatic nitrogens is 3. The minimum absolute atomic E-state index is 0.0280. The summed E-state index contributed by atoms with van der Waals surface area (Å²) in [5.74, 6) is 7.59. The van der Waals surface area contributed by atoms with Crippen molar-refractivity contribution in [1.82, 2.24) is 19.8 Å². The number of likely N-dealkylation sites (N-methyl/N-ethyl adjacent to an activating group) is 1. The fourth-order valence-corrected chi connectivity index (χ4v) is 4.03. The molecule has 3 rings (SSSR count). The van der Waals surface area contributed by atoms with Crippen LogP contribution in [0.4, 0.5) is 0 Å². The number of amides is 1. The van der Waals surface area contributed by atoms with Gasteiger partial charge in [0.05, 0.1) is 7.11 Å². The number of nitrogens with two attached hydrogens (primary N) is 1. The molecule has 1 aromatic heterocycles. The van der Waals surface area contributed by atoms with E-state index in [1.54, 1.807) is 7.11 Å². The summed E-state index contributed by atoms with van der Waals surface area (Å²) in [5, 5.41) is 8.50. The molecule has 2 aromatic carbocycles. The van der Waals surface area contributed by atoms with Gasteiger partial charge >= 0.3 is 0 Å². The molecule has 0 unspecified atom stereocenters. The number of benzene rings is 2. The zero-order valence-electron chi connectivity index (χ0n) is 16.8. The van der Waals surface area contributed by atoms with E-state index in [0.29, 0.717) is 24.1 Å². The molecule has 29 heavy (non-hydrogen) atoms. The Kier molecular flexibility index (Phi) is 6.77. The second-order valence-corrected chi connectivity index (χ2v) is 7.40. The summed E-state index contributed by atoms with van der Waals surface area (Å²) in [7, 11) is 1.62. The van der Waals surface area contributed by atoms with Crippen LogP contribution < -0.4 is 10.6 Å². The van der Waals surface area contributed by atoms with Crippen LogP contribution in [0, 0.1) is 0 Å². The van der Waals surface area contributed by atoms with Crippen molar-refractivity contribution in [3.63, 3.8) is 0 Å². The smallest absolute Gasteiger partial charge is 0.240 e. The van der Waals surface area contributed by atoms with Crippen LogP contribution in [0.2, 0.25) is 0 Å². The standard InChI is InChI=1S/C21H25N5O2S/c1-4-25(5-2)20(27)18(15-9-7-6-8-10-15)29-21-24-23-19(26(21)22)16-11-13-17(28-3)14-12-16/h6-14,18H,4-5,22H2,1-3H3/t18-/m0/s1. The minimum atomic E-state index is -0.452. The maximum Gasteiger partial charge on any atom is 0.240 e. The van der Waals surface area contributed by atoms with Crippen molar-refractivity contribution in [3.8, 4) is 17.1 Å². The van der Waals surface area contributed by atoms with Crippen molar-refractivity contribution in [2.75, 3.05) is 26.0 Å². The summed E-state index contributed by atoms with van der Waals surface area (Å²) >= 11 is 1.31. The van der Waals surface area contributed by atoms with Gasteiger partial charge in [-0.1, -0.05) is 42.1 Å². The quantitative estimate of drug-likeness (QED) is 0.452. The topological polar surface area (TPSA) is 86.3 Å². The van der Waals surface area contributed by atoms with Crippen LogP contribution in [-0.2, 0) is 4.79 Å². The second-order valence-electron chi connectivity index (χ2n) is 6.32. The Bertz CT molecular complexity index is 939. The van der Waals surface area contributed by atoms with Crippen molar-refractivity contribution in [2.45, 2.75) is 24.3 Å². The van der Waals surface area contributed by atoms with Crippen LogP contribution in [0.15, 0.2) is 59.8 Å². The molecule has 7 nitrogen and oxygen atoms in total. The van der Waals surface area contributed by atoms with E-state index in [0.717, 1.165) is 16.9 Å². The number of nitrogens with zero attached hydrogens (tertiary/aromatic N) is 4. The second kappa shape index (κ2) is 9.47. The van der Waals surface area contributed by atoms with Crippen molar-refractivity contribution < 1.29 is 9.53 Å². The van der Waals surface area contributed by atoms with E-state index in [-0.39, 0.29) is 5.91 Å². The normalized spacial score (nSPS) is 11.8. The first-order chi connectivity index (χ1) is 14.1. The first-order valence-corrected chi connectivity index (χ1v) is 10.3. The van der Waals surface area contributed by atoms with Gasteiger partial charge in [0.2, 0.25) is 11.1 Å². The summed E-state index contributed by atoms with van der Waals surface area (Å²) in [6.45, 7) is 5.24. The number of thioether (sulfide) groups is 1. The number of carbonyl (C=O) groups excluding carboxylic acids is 1. The van der Waals surface area contributed by atoms with Crippen LogP contribution in [0.3, 0.4) is 0 Å². The van der Waals surface area contributed by atoms with Gasteiger partial charge in [0, 0.05) is 18.7 Å². The molecule has 0 aliphatic carbocycles. The number of ether oxygens (including phenoxy) is 1. The molecular weight excluding hydrogens is 386 g/mol. The molecular formula is C21H25N5O2S. The van der Waals surface area contributed by atoms with Gasteiger partial charge in [-0.15, -0.1) is 10.2 Å². The fourth-order valence-electron chi connectivity index (χ4n) is 2.99. The summed E-state index contributed by atoms with van der Waals surface area (Å²) in [6.07, 6.45) is 0. The van der Waals surface area contributed by atoms with Gasteiger partial charge in [0.15, 0.2) is 5.82 Å². The van der Waals surface area contributed by atoms with Gasteiger partial charge < -0.3 is 15.5 Å². The summed E-state index contributed by atoms with van der Waals surface area (Å²) in [5.41, 5.74) is 1.72. The Labute approximate surface area is 174 Å². The average Bonchev–Trinajstić information content (AvgIpc) is 3.13. The third-order valence-electron chi connectivity index (χ3n) is 4.64. The maximum atomic E-state index is 13.2. The first-order valence-electron chi connectivity index (χ1n) is 9.44. The summed E-state index contributed by atoms with van der Waals surface area (Å²) in [4.78, 5) is 15.0. The van der Waals surface area contributed by atoms with Crippen LogP contribution in [0.25, 0.3) is 11.4 Å². The highest BCUT2D eigenvalue weighted by molar-refractivity contribution is 8.00. The molecule has 0 radical (unpaired) electrons. The summed E-state index contributed by atoms with van der Waals surface area (Å²) in [6, 6.07) is 17.1. The van der Waals surface area contributed by atoms with E-state index in [9.17, 15) is 4.79 Å². The highest BCUT2D eigenvalue weighted by Gasteiger charge is 2.28. The molecule has 0 aliphatic heterocycles. The highest BCUT2D eigenvalue weighted by Crippen LogP contribution is 2.36. The summed E-state index contributed by atoms with van der Waals surface area (Å²) < 4.78 is 6.62. The van der Waals surface area contributed by atoms with E-state index >= 15 is 0 Å². The number of rotatable bonds is 8. The van der Waals surface area contributed by atoms with Crippen molar-refractivity contribution in [1.29, 1.82) is 0 Å². The largest absolute Gasteiger partial charge is 0.497 e. The lowest BCUT2D eigenvalue weighted by atomic mass is 10.1. The van der Waals surface area contributed by atoms with E-state index in [4.69, 9.17) is 10.6 Å². The maximum absolute atomic E-state index is 13.2. The molecule has 0 fully saturated rings. The van der Waals surface area contributed by atoms with Gasteiger partial charge in [-0.2, -0.15) is 0 Å². The zero-order valence-corrected chi connectivity index (χ0v) is 17.6. The van der Waals surface area contributed by atoms with Crippen LogP contribution in [0.5, 0.6) is 5.75 Å². The van der Waals surface area contributed by atoms with Gasteiger partial charge in [-0.25, -0.2) is 4.68 Å². The molecule has 0 bridgehead atoms. The monoisotopic (exact) mass is 411 g/mol. The predicted octanol–water partition coefficient (Wildman–Crippen LogP) is 3.37. The molecule has 0 aliphatic rings. The van der Waals surface area contributed by atoms with E-state index < -0.39 is 5.25 Å². The fraction of sp³-hybridized carbons (Fsp3) is 0.286. The van der Waals surface area contributed by atoms with Crippen LogP contribution in [-0.4, -0.2) is 45.9 Å². The third kappa shape index (κ3) is 4.54. The predicted molar refractivity (Wildman–Crippen MR) is 115 cm³/mol. The van der Waals surface area contributed by atoms with Crippen molar-refractivity contribution >= 4 is 17.7 Å². The molecule has 3 aromatic rings. The lowest BCUT2D eigenvalue weighted by Gasteiger charge is -2.24.